The number of hydrogen-bond acceptors (Lipinski definition) is 1. The molecule has 3 rings (SSSR count). The van der Waals surface area contributed by atoms with Crippen molar-refractivity contribution < 1.29 is 17.9 Å². The van der Waals surface area contributed by atoms with Crippen molar-refractivity contribution in [1.29, 1.82) is 0 Å². The summed E-state index contributed by atoms with van der Waals surface area (Å²) in [6, 6.07) is 6.44. The number of aromatic nitrogens is 2. The Morgan fingerprint density at radius 1 is 1.14 bits per heavy atom. The van der Waals surface area contributed by atoms with Gasteiger partial charge < -0.3 is 9.77 Å². The van der Waals surface area contributed by atoms with Crippen molar-refractivity contribution in [3.05, 3.63) is 64.7 Å². The highest BCUT2D eigenvalue weighted by atomic mass is 35.5. The first-order valence-electron chi connectivity index (χ1n) is 5.93. The molecular formula is C14H8ClF3N2O. The normalized spacial score (nSPS) is 12.0. The van der Waals surface area contributed by atoms with Gasteiger partial charge in [-0.15, -0.1) is 0 Å². The van der Waals surface area contributed by atoms with E-state index in [0.717, 1.165) is 12.1 Å². The minimum absolute atomic E-state index is 0.0128. The Hall–Kier alpha value is -2.21. The van der Waals surface area contributed by atoms with Crippen LogP contribution in [0, 0.1) is 5.21 Å². The highest BCUT2D eigenvalue weighted by Crippen LogP contribution is 2.34. The lowest BCUT2D eigenvalue weighted by Crippen LogP contribution is -2.23. The molecule has 2 aromatic heterocycles. The van der Waals surface area contributed by atoms with Gasteiger partial charge >= 0.3 is 6.18 Å². The Balaban J connectivity index is 2.15. The largest absolute Gasteiger partial charge is 0.619 e. The van der Waals surface area contributed by atoms with Gasteiger partial charge in [-0.05, 0) is 24.3 Å². The van der Waals surface area contributed by atoms with Gasteiger partial charge in [-0.25, -0.2) is 0 Å². The maximum atomic E-state index is 12.6. The number of halogens is 4. The fourth-order valence-corrected chi connectivity index (χ4v) is 2.43. The number of fused-ring (bicyclic) bond motifs is 1. The van der Waals surface area contributed by atoms with Crippen LogP contribution in [0.2, 0.25) is 5.02 Å². The minimum atomic E-state index is -4.44. The number of nitrogens with zero attached hydrogens (tertiary/aromatic N) is 2. The van der Waals surface area contributed by atoms with Crippen molar-refractivity contribution in [2.75, 3.05) is 0 Å². The molecule has 0 spiro atoms. The molecule has 7 heteroatoms. The van der Waals surface area contributed by atoms with Gasteiger partial charge in [0.05, 0.1) is 27.2 Å². The second-order valence-corrected chi connectivity index (χ2v) is 4.90. The third-order valence-electron chi connectivity index (χ3n) is 3.14. The second-order valence-electron chi connectivity index (χ2n) is 4.49. The molecule has 0 atom stereocenters. The predicted octanol–water partition coefficient (Wildman–Crippen LogP) is 3.94. The van der Waals surface area contributed by atoms with Gasteiger partial charge in [-0.3, -0.25) is 0 Å². The van der Waals surface area contributed by atoms with Crippen molar-refractivity contribution in [3.8, 4) is 5.69 Å². The molecule has 1 aromatic carbocycles. The average Bonchev–Trinajstić information content (AvgIpc) is 2.80. The van der Waals surface area contributed by atoms with Crippen LogP contribution in [0.4, 0.5) is 13.2 Å². The maximum absolute atomic E-state index is 12.6. The van der Waals surface area contributed by atoms with Crippen LogP contribution < -0.4 is 4.73 Å². The van der Waals surface area contributed by atoms with E-state index in [9.17, 15) is 18.4 Å². The van der Waals surface area contributed by atoms with E-state index < -0.39 is 11.7 Å². The Bertz CT molecular complexity index is 827. The zero-order chi connectivity index (χ0) is 15.2. The number of pyridine rings is 1. The Kier molecular flexibility index (Phi) is 3.06. The van der Waals surface area contributed by atoms with Crippen molar-refractivity contribution in [2.45, 2.75) is 6.18 Å². The average molecular weight is 313 g/mol. The molecule has 0 aliphatic heterocycles. The van der Waals surface area contributed by atoms with Crippen molar-refractivity contribution >= 4 is 22.5 Å². The molecule has 21 heavy (non-hydrogen) atoms. The highest BCUT2D eigenvalue weighted by Gasteiger charge is 2.31. The molecule has 0 N–H and O–H groups in total. The van der Waals surface area contributed by atoms with Crippen LogP contribution >= 0.6 is 11.6 Å². The van der Waals surface area contributed by atoms with E-state index in [1.165, 1.54) is 18.5 Å². The summed E-state index contributed by atoms with van der Waals surface area (Å²) in [5, 5.41) is 11.9. The fraction of sp³-hybridized carbons (Fsp3) is 0.0714. The van der Waals surface area contributed by atoms with Crippen LogP contribution in [-0.4, -0.2) is 4.57 Å². The van der Waals surface area contributed by atoms with Gasteiger partial charge in [0, 0.05) is 12.3 Å². The molecule has 0 amide bonds. The molecular weight excluding hydrogens is 305 g/mol. The van der Waals surface area contributed by atoms with Gasteiger partial charge in [-0.2, -0.15) is 17.9 Å². The van der Waals surface area contributed by atoms with Crippen molar-refractivity contribution in [3.63, 3.8) is 0 Å². The summed E-state index contributed by atoms with van der Waals surface area (Å²) in [6.07, 6.45) is -0.0885. The van der Waals surface area contributed by atoms with Crippen molar-refractivity contribution in [2.24, 2.45) is 0 Å². The summed E-state index contributed by atoms with van der Waals surface area (Å²) in [4.78, 5) is 0. The monoisotopic (exact) mass is 312 g/mol. The Morgan fingerprint density at radius 2 is 1.90 bits per heavy atom. The SMILES string of the molecule is [O-][n+]1ccc2c(ccn2-c2ccc(C(F)(F)F)cc2Cl)c1. The molecule has 0 saturated heterocycles. The van der Waals surface area contributed by atoms with E-state index in [2.05, 4.69) is 0 Å². The molecule has 0 aliphatic carbocycles. The zero-order valence-electron chi connectivity index (χ0n) is 10.4. The van der Waals surface area contributed by atoms with Gasteiger partial charge in [0.1, 0.15) is 0 Å². The number of alkyl halides is 3. The zero-order valence-corrected chi connectivity index (χ0v) is 11.2. The molecule has 2 heterocycles. The maximum Gasteiger partial charge on any atom is 0.416 e. The summed E-state index contributed by atoms with van der Waals surface area (Å²) in [5.74, 6) is 0. The lowest BCUT2D eigenvalue weighted by atomic mass is 10.2. The fourth-order valence-electron chi connectivity index (χ4n) is 2.16. The number of hydrogen-bond donors (Lipinski definition) is 0. The van der Waals surface area contributed by atoms with Crippen LogP contribution in [0.3, 0.4) is 0 Å². The summed E-state index contributed by atoms with van der Waals surface area (Å²) in [7, 11) is 0. The first-order chi connectivity index (χ1) is 9.86. The van der Waals surface area contributed by atoms with Crippen LogP contribution in [0.15, 0.2) is 48.9 Å². The quantitative estimate of drug-likeness (QED) is 0.495. The molecule has 0 unspecified atom stereocenters. The Morgan fingerprint density at radius 3 is 2.57 bits per heavy atom. The van der Waals surface area contributed by atoms with Gasteiger partial charge in [0.15, 0.2) is 12.4 Å². The summed E-state index contributed by atoms with van der Waals surface area (Å²) in [5.41, 5.74) is 0.303. The lowest BCUT2D eigenvalue weighted by molar-refractivity contribution is -0.603. The molecule has 0 saturated carbocycles. The van der Waals surface area contributed by atoms with E-state index in [0.29, 0.717) is 21.3 Å². The first-order valence-corrected chi connectivity index (χ1v) is 6.31. The molecule has 3 nitrogen and oxygen atoms in total. The topological polar surface area (TPSA) is 31.9 Å². The molecule has 3 aromatic rings. The standard InChI is InChI=1S/C14H8ClF3N2O/c15-11-7-10(14(16,17)18)1-2-13(11)20-6-3-9-8-19(21)5-4-12(9)20/h1-8H. The van der Waals surface area contributed by atoms with E-state index in [1.54, 1.807) is 22.9 Å². The number of rotatable bonds is 1. The van der Waals surface area contributed by atoms with Gasteiger partial charge in [0.2, 0.25) is 0 Å². The van der Waals surface area contributed by atoms with Crippen LogP contribution in [0.25, 0.3) is 16.6 Å². The van der Waals surface area contributed by atoms with Gasteiger partial charge in [0.25, 0.3) is 0 Å². The van der Waals surface area contributed by atoms with Crippen LogP contribution in [0.1, 0.15) is 5.56 Å². The molecule has 0 radical (unpaired) electrons. The third kappa shape index (κ3) is 2.42. The van der Waals surface area contributed by atoms with Crippen LogP contribution in [0.5, 0.6) is 0 Å². The second kappa shape index (κ2) is 4.66. The van der Waals surface area contributed by atoms with Gasteiger partial charge in [-0.1, -0.05) is 11.6 Å². The van der Waals surface area contributed by atoms with Crippen LogP contribution in [-0.2, 0) is 6.18 Å². The Labute approximate surface area is 122 Å². The highest BCUT2D eigenvalue weighted by molar-refractivity contribution is 6.32. The van der Waals surface area contributed by atoms with Crippen molar-refractivity contribution in [1.82, 2.24) is 4.57 Å². The number of benzene rings is 1. The lowest BCUT2D eigenvalue weighted by Gasteiger charge is -2.11. The summed E-state index contributed by atoms with van der Waals surface area (Å²) >= 11 is 5.97. The first kappa shape index (κ1) is 13.8. The molecule has 0 aliphatic rings. The smallest absolute Gasteiger partial charge is 0.416 e. The van der Waals surface area contributed by atoms with E-state index >= 15 is 0 Å². The molecule has 0 fully saturated rings. The molecule has 108 valence electrons. The van der Waals surface area contributed by atoms with E-state index in [4.69, 9.17) is 11.6 Å². The molecule has 0 bridgehead atoms. The minimum Gasteiger partial charge on any atom is -0.619 e. The third-order valence-corrected chi connectivity index (χ3v) is 3.44. The van der Waals surface area contributed by atoms with E-state index in [-0.39, 0.29) is 5.02 Å². The van der Waals surface area contributed by atoms with E-state index in [1.807, 2.05) is 0 Å². The predicted molar refractivity (Wildman–Crippen MR) is 72.2 cm³/mol. The summed E-state index contributed by atoms with van der Waals surface area (Å²) < 4.78 is 40.2. The summed E-state index contributed by atoms with van der Waals surface area (Å²) in [6.45, 7) is 0.